The maximum absolute atomic E-state index is 14.7. The Morgan fingerprint density at radius 1 is 0.812 bits per heavy atom. The smallest absolute Gasteiger partial charge is 0.201 e. The quantitative estimate of drug-likeness (QED) is 0.311. The van der Waals surface area contributed by atoms with E-state index in [2.05, 4.69) is 13.8 Å². The summed E-state index contributed by atoms with van der Waals surface area (Å²) in [6, 6.07) is 10.3. The van der Waals surface area contributed by atoms with Gasteiger partial charge in [-0.1, -0.05) is 76.6 Å². The van der Waals surface area contributed by atoms with Crippen LogP contribution in [0.3, 0.4) is 0 Å². The molecule has 32 heavy (non-hydrogen) atoms. The summed E-state index contributed by atoms with van der Waals surface area (Å²) < 4.78 is 46.4. The van der Waals surface area contributed by atoms with E-state index in [0.29, 0.717) is 31.3 Å². The van der Waals surface area contributed by atoms with E-state index in [9.17, 15) is 8.78 Å². The van der Waals surface area contributed by atoms with Crippen molar-refractivity contribution in [3.63, 3.8) is 0 Å². The Labute approximate surface area is 191 Å². The van der Waals surface area contributed by atoms with Gasteiger partial charge < -0.3 is 14.2 Å². The number of unbranched alkanes of at least 4 members (excludes halogenated alkanes) is 5. The summed E-state index contributed by atoms with van der Waals surface area (Å²) in [6.45, 7) is 6.10. The maximum atomic E-state index is 14.7. The van der Waals surface area contributed by atoms with Crippen molar-refractivity contribution in [3.8, 4) is 16.9 Å². The van der Waals surface area contributed by atoms with Crippen molar-refractivity contribution in [2.75, 3.05) is 19.8 Å². The molecule has 1 aliphatic rings. The van der Waals surface area contributed by atoms with Crippen LogP contribution in [0, 0.1) is 17.6 Å². The lowest BCUT2D eigenvalue weighted by Gasteiger charge is -2.29. The fraction of sp³-hybridized carbons (Fsp3) is 0.556. The molecule has 5 heteroatoms. The van der Waals surface area contributed by atoms with E-state index in [0.717, 1.165) is 37.7 Å². The van der Waals surface area contributed by atoms with E-state index >= 15 is 0 Å². The Bertz CT molecular complexity index is 814. The minimum Gasteiger partial charge on any atom is -0.490 e. The SMILES string of the molecule is CCCCCCOc1ccc(-c2ccc(C3OCC(CCCCC)CO3)cc2)c(F)c1F. The van der Waals surface area contributed by atoms with E-state index in [1.807, 2.05) is 12.1 Å². The van der Waals surface area contributed by atoms with Crippen LogP contribution in [0.1, 0.15) is 77.1 Å². The minimum atomic E-state index is -0.935. The molecule has 0 aliphatic carbocycles. The van der Waals surface area contributed by atoms with Gasteiger partial charge in [0, 0.05) is 17.0 Å². The number of ether oxygens (including phenoxy) is 3. The molecule has 2 aromatic rings. The van der Waals surface area contributed by atoms with Crippen LogP contribution in [0.15, 0.2) is 36.4 Å². The van der Waals surface area contributed by atoms with Gasteiger partial charge in [-0.25, -0.2) is 4.39 Å². The third-order valence-corrected chi connectivity index (χ3v) is 5.98. The van der Waals surface area contributed by atoms with Crippen molar-refractivity contribution in [2.24, 2.45) is 5.92 Å². The second kappa shape index (κ2) is 12.9. The van der Waals surface area contributed by atoms with Gasteiger partial charge in [-0.3, -0.25) is 0 Å². The molecule has 0 bridgehead atoms. The third-order valence-electron chi connectivity index (χ3n) is 5.98. The molecule has 0 radical (unpaired) electrons. The van der Waals surface area contributed by atoms with Gasteiger partial charge in [-0.15, -0.1) is 0 Å². The van der Waals surface area contributed by atoms with Crippen LogP contribution in [-0.2, 0) is 9.47 Å². The summed E-state index contributed by atoms with van der Waals surface area (Å²) in [5.74, 6) is -1.41. The van der Waals surface area contributed by atoms with Crippen molar-refractivity contribution in [2.45, 2.75) is 71.5 Å². The van der Waals surface area contributed by atoms with Crippen LogP contribution in [-0.4, -0.2) is 19.8 Å². The van der Waals surface area contributed by atoms with Crippen molar-refractivity contribution in [1.82, 2.24) is 0 Å². The first kappa shape index (κ1) is 24.7. The highest BCUT2D eigenvalue weighted by Crippen LogP contribution is 2.32. The van der Waals surface area contributed by atoms with Crippen LogP contribution in [0.4, 0.5) is 8.78 Å². The standard InChI is InChI=1S/C27H36F2O3/c1-3-5-7-9-17-30-24-16-15-23(25(28)26(24)29)21-11-13-22(14-12-21)27-31-18-20(19-32-27)10-8-6-4-2/h11-16,20,27H,3-10,17-19H2,1-2H3. The predicted molar refractivity (Wildman–Crippen MR) is 124 cm³/mol. The molecule has 3 nitrogen and oxygen atoms in total. The van der Waals surface area contributed by atoms with Gasteiger partial charge in [-0.2, -0.15) is 4.39 Å². The zero-order valence-electron chi connectivity index (χ0n) is 19.4. The molecule has 2 aromatic carbocycles. The van der Waals surface area contributed by atoms with Gasteiger partial charge in [-0.05, 0) is 30.5 Å². The summed E-state index contributed by atoms with van der Waals surface area (Å²) >= 11 is 0. The van der Waals surface area contributed by atoms with Gasteiger partial charge in [0.2, 0.25) is 5.82 Å². The van der Waals surface area contributed by atoms with Crippen molar-refractivity contribution in [3.05, 3.63) is 53.6 Å². The van der Waals surface area contributed by atoms with E-state index in [1.165, 1.54) is 25.3 Å². The second-order valence-electron chi connectivity index (χ2n) is 8.63. The first-order valence-electron chi connectivity index (χ1n) is 12.1. The second-order valence-corrected chi connectivity index (χ2v) is 8.63. The minimum absolute atomic E-state index is 0.0307. The van der Waals surface area contributed by atoms with Gasteiger partial charge in [0.15, 0.2) is 17.9 Å². The number of halogens is 2. The number of hydrogen-bond donors (Lipinski definition) is 0. The van der Waals surface area contributed by atoms with Crippen LogP contribution >= 0.6 is 0 Å². The Balaban J connectivity index is 1.57. The van der Waals surface area contributed by atoms with Crippen LogP contribution in [0.2, 0.25) is 0 Å². The Kier molecular flexibility index (Phi) is 9.94. The highest BCUT2D eigenvalue weighted by atomic mass is 19.2. The predicted octanol–water partition coefficient (Wildman–Crippen LogP) is 7.83. The molecule has 1 heterocycles. The monoisotopic (exact) mass is 446 g/mol. The fourth-order valence-corrected chi connectivity index (χ4v) is 3.98. The summed E-state index contributed by atoms with van der Waals surface area (Å²) in [5, 5.41) is 0. The van der Waals surface area contributed by atoms with E-state index < -0.39 is 17.9 Å². The summed E-state index contributed by atoms with van der Waals surface area (Å²) in [6.07, 6.45) is 8.48. The van der Waals surface area contributed by atoms with E-state index in [1.54, 1.807) is 18.2 Å². The molecule has 0 N–H and O–H groups in total. The highest BCUT2D eigenvalue weighted by Gasteiger charge is 2.23. The molecule has 3 rings (SSSR count). The summed E-state index contributed by atoms with van der Waals surface area (Å²) in [7, 11) is 0. The van der Waals surface area contributed by atoms with E-state index in [4.69, 9.17) is 14.2 Å². The van der Waals surface area contributed by atoms with Crippen LogP contribution in [0.25, 0.3) is 11.1 Å². The lowest BCUT2D eigenvalue weighted by atomic mass is 10.0. The highest BCUT2D eigenvalue weighted by molar-refractivity contribution is 5.65. The molecule has 0 saturated carbocycles. The molecule has 0 amide bonds. The van der Waals surface area contributed by atoms with Crippen molar-refractivity contribution in [1.29, 1.82) is 0 Å². The Hall–Kier alpha value is -1.98. The molecule has 1 fully saturated rings. The Morgan fingerprint density at radius 2 is 1.50 bits per heavy atom. The third kappa shape index (κ3) is 6.76. The zero-order chi connectivity index (χ0) is 22.8. The molecule has 0 unspecified atom stereocenters. The van der Waals surface area contributed by atoms with Gasteiger partial charge in [0.25, 0.3) is 0 Å². The van der Waals surface area contributed by atoms with Gasteiger partial charge >= 0.3 is 0 Å². The molecule has 0 spiro atoms. The topological polar surface area (TPSA) is 27.7 Å². The molecule has 1 saturated heterocycles. The van der Waals surface area contributed by atoms with Gasteiger partial charge in [0.1, 0.15) is 0 Å². The largest absolute Gasteiger partial charge is 0.490 e. The summed E-state index contributed by atoms with van der Waals surface area (Å²) in [4.78, 5) is 0. The first-order valence-corrected chi connectivity index (χ1v) is 12.1. The average molecular weight is 447 g/mol. The zero-order valence-corrected chi connectivity index (χ0v) is 19.4. The lowest BCUT2D eigenvalue weighted by Crippen LogP contribution is -2.27. The normalized spacial score (nSPS) is 18.6. The first-order chi connectivity index (χ1) is 15.6. The molecule has 0 aromatic heterocycles. The van der Waals surface area contributed by atoms with Crippen molar-refractivity contribution < 1.29 is 23.0 Å². The Morgan fingerprint density at radius 3 is 2.19 bits per heavy atom. The molecular formula is C27H36F2O3. The van der Waals surface area contributed by atoms with Gasteiger partial charge in [0.05, 0.1) is 19.8 Å². The summed E-state index contributed by atoms with van der Waals surface area (Å²) in [5.41, 5.74) is 1.70. The molecule has 1 aliphatic heterocycles. The lowest BCUT2D eigenvalue weighted by molar-refractivity contribution is -0.206. The average Bonchev–Trinajstić information content (AvgIpc) is 2.82. The molecule has 0 atom stereocenters. The molecular weight excluding hydrogens is 410 g/mol. The van der Waals surface area contributed by atoms with E-state index in [-0.39, 0.29) is 11.3 Å². The van der Waals surface area contributed by atoms with Crippen LogP contribution < -0.4 is 4.74 Å². The number of benzene rings is 2. The van der Waals surface area contributed by atoms with Crippen molar-refractivity contribution >= 4 is 0 Å². The van der Waals surface area contributed by atoms with Crippen LogP contribution in [0.5, 0.6) is 5.75 Å². The number of hydrogen-bond acceptors (Lipinski definition) is 3. The fourth-order valence-electron chi connectivity index (χ4n) is 3.98. The maximum Gasteiger partial charge on any atom is 0.201 e. The molecule has 176 valence electrons. The number of rotatable bonds is 12.